The van der Waals surface area contributed by atoms with E-state index in [0.29, 0.717) is 0 Å². The smallest absolute Gasteiger partial charge is 0.298 e. The molecule has 126 valence electrons. The van der Waals surface area contributed by atoms with Gasteiger partial charge >= 0.3 is 0 Å². The lowest BCUT2D eigenvalue weighted by atomic mass is 10.0. The van der Waals surface area contributed by atoms with Crippen LogP contribution in [0.1, 0.15) is 0 Å². The molecule has 0 saturated carbocycles. The fraction of sp³-hybridized carbons (Fsp3) is 0.250. The van der Waals surface area contributed by atoms with Crippen molar-refractivity contribution >= 4 is 28.0 Å². The van der Waals surface area contributed by atoms with Gasteiger partial charge in [-0.05, 0) is 41.5 Å². The molecule has 0 amide bonds. The molecule has 0 radical (unpaired) electrons. The summed E-state index contributed by atoms with van der Waals surface area (Å²) in [4.78, 5) is 6.92. The van der Waals surface area contributed by atoms with Crippen LogP contribution in [0.2, 0.25) is 0 Å². The summed E-state index contributed by atoms with van der Waals surface area (Å²) in [6, 6.07) is 15.7. The fourth-order valence-corrected chi connectivity index (χ4v) is 3.55. The zero-order chi connectivity index (χ0) is 16.8. The van der Waals surface area contributed by atoms with Gasteiger partial charge in [-0.25, -0.2) is 0 Å². The number of nitrogens with zero attached hydrogens (tertiary/aromatic N) is 3. The Morgan fingerprint density at radius 2 is 1.80 bits per heavy atom. The van der Waals surface area contributed by atoms with Gasteiger partial charge in [0.05, 0.1) is 0 Å². The molecule has 2 aromatic heterocycles. The van der Waals surface area contributed by atoms with Gasteiger partial charge in [0.25, 0.3) is 6.01 Å². The minimum atomic E-state index is 0.729. The molecule has 1 saturated heterocycles. The Bertz CT molecular complexity index is 1060. The van der Waals surface area contributed by atoms with Gasteiger partial charge in [-0.2, -0.15) is 4.98 Å². The average Bonchev–Trinajstić information content (AvgIpc) is 3.25. The summed E-state index contributed by atoms with van der Waals surface area (Å²) in [7, 11) is 2.07. The largest absolute Gasteiger partial charge is 0.423 e. The summed E-state index contributed by atoms with van der Waals surface area (Å²) < 4.78 is 8.09. The first-order chi connectivity index (χ1) is 12.3. The average molecular weight is 332 g/mol. The minimum Gasteiger partial charge on any atom is -0.423 e. The van der Waals surface area contributed by atoms with E-state index < -0.39 is 0 Å². The summed E-state index contributed by atoms with van der Waals surface area (Å²) in [5.41, 5.74) is 5.37. The first-order valence-corrected chi connectivity index (χ1v) is 8.70. The number of fused-ring (bicyclic) bond motifs is 2. The number of benzene rings is 2. The van der Waals surface area contributed by atoms with Crippen LogP contribution in [0.15, 0.2) is 53.1 Å². The van der Waals surface area contributed by atoms with Crippen molar-refractivity contribution < 1.29 is 4.42 Å². The Morgan fingerprint density at radius 1 is 1.00 bits per heavy atom. The van der Waals surface area contributed by atoms with Crippen LogP contribution in [-0.4, -0.2) is 35.7 Å². The highest BCUT2D eigenvalue weighted by molar-refractivity contribution is 5.88. The molecule has 1 aliphatic rings. The first-order valence-electron chi connectivity index (χ1n) is 8.70. The molecule has 25 heavy (non-hydrogen) atoms. The van der Waals surface area contributed by atoms with Crippen LogP contribution < -0.4 is 10.2 Å². The molecule has 1 fully saturated rings. The predicted octanol–water partition coefficient (Wildman–Crippen LogP) is 3.40. The molecule has 1 N–H and O–H groups in total. The van der Waals surface area contributed by atoms with E-state index in [-0.39, 0.29) is 0 Å². The molecule has 3 heterocycles. The van der Waals surface area contributed by atoms with E-state index in [1.165, 1.54) is 22.0 Å². The number of aromatic nitrogens is 2. The van der Waals surface area contributed by atoms with Crippen molar-refractivity contribution in [3.05, 3.63) is 48.7 Å². The van der Waals surface area contributed by atoms with Crippen molar-refractivity contribution in [1.82, 2.24) is 14.9 Å². The SMILES string of the molecule is Cn1ccc2cc(-c3ccc4oc(N5CCNCC5)nc4c3)ccc21. The number of hydrogen-bond acceptors (Lipinski definition) is 4. The van der Waals surface area contributed by atoms with E-state index in [2.05, 4.69) is 64.4 Å². The van der Waals surface area contributed by atoms with Crippen LogP contribution in [0.5, 0.6) is 0 Å². The van der Waals surface area contributed by atoms with Crippen LogP contribution >= 0.6 is 0 Å². The molecule has 4 aromatic rings. The lowest BCUT2D eigenvalue weighted by Crippen LogP contribution is -2.43. The quantitative estimate of drug-likeness (QED) is 0.611. The molecular formula is C20H20N4O. The Labute approximate surface area is 145 Å². The van der Waals surface area contributed by atoms with E-state index in [9.17, 15) is 0 Å². The second-order valence-electron chi connectivity index (χ2n) is 6.62. The third-order valence-corrected chi connectivity index (χ3v) is 4.98. The predicted molar refractivity (Wildman–Crippen MR) is 101 cm³/mol. The summed E-state index contributed by atoms with van der Waals surface area (Å²) in [6.45, 7) is 3.82. The number of aryl methyl sites for hydroxylation is 1. The van der Waals surface area contributed by atoms with Gasteiger partial charge in [-0.3, -0.25) is 0 Å². The topological polar surface area (TPSA) is 46.2 Å². The van der Waals surface area contributed by atoms with Crippen molar-refractivity contribution in [2.24, 2.45) is 7.05 Å². The number of rotatable bonds is 2. The highest BCUT2D eigenvalue weighted by Gasteiger charge is 2.16. The van der Waals surface area contributed by atoms with Gasteiger partial charge in [0.15, 0.2) is 5.58 Å². The van der Waals surface area contributed by atoms with Crippen LogP contribution in [0.4, 0.5) is 6.01 Å². The molecule has 0 bridgehead atoms. The Hall–Kier alpha value is -2.79. The molecule has 0 aliphatic carbocycles. The number of nitrogens with one attached hydrogen (secondary N) is 1. The Kier molecular flexibility index (Phi) is 3.28. The molecule has 1 aliphatic heterocycles. The number of piperazine rings is 1. The Balaban J connectivity index is 1.54. The third-order valence-electron chi connectivity index (χ3n) is 4.98. The van der Waals surface area contributed by atoms with Crippen LogP contribution in [-0.2, 0) is 7.05 Å². The molecule has 0 unspecified atom stereocenters. The molecule has 0 atom stereocenters. The van der Waals surface area contributed by atoms with E-state index in [1.54, 1.807) is 0 Å². The molecule has 5 nitrogen and oxygen atoms in total. The summed E-state index contributed by atoms with van der Waals surface area (Å²) in [6.07, 6.45) is 2.09. The first kappa shape index (κ1) is 14.5. The second-order valence-corrected chi connectivity index (χ2v) is 6.62. The highest BCUT2D eigenvalue weighted by atomic mass is 16.4. The maximum absolute atomic E-state index is 5.96. The lowest BCUT2D eigenvalue weighted by Gasteiger charge is -2.25. The van der Waals surface area contributed by atoms with Crippen molar-refractivity contribution in [2.75, 3.05) is 31.1 Å². The van der Waals surface area contributed by atoms with Crippen molar-refractivity contribution in [3.63, 3.8) is 0 Å². The highest BCUT2D eigenvalue weighted by Crippen LogP contribution is 2.29. The van der Waals surface area contributed by atoms with Crippen LogP contribution in [0.3, 0.4) is 0 Å². The van der Waals surface area contributed by atoms with E-state index in [4.69, 9.17) is 9.40 Å². The van der Waals surface area contributed by atoms with Gasteiger partial charge in [-0.1, -0.05) is 12.1 Å². The van der Waals surface area contributed by atoms with Gasteiger partial charge in [-0.15, -0.1) is 0 Å². The van der Waals surface area contributed by atoms with Crippen molar-refractivity contribution in [1.29, 1.82) is 0 Å². The van der Waals surface area contributed by atoms with Crippen molar-refractivity contribution in [3.8, 4) is 11.1 Å². The summed E-state index contributed by atoms with van der Waals surface area (Å²) >= 11 is 0. The van der Waals surface area contributed by atoms with E-state index in [0.717, 1.165) is 43.3 Å². The van der Waals surface area contributed by atoms with Crippen LogP contribution in [0, 0.1) is 0 Å². The fourth-order valence-electron chi connectivity index (χ4n) is 3.55. The maximum Gasteiger partial charge on any atom is 0.298 e. The minimum absolute atomic E-state index is 0.729. The molecule has 5 heteroatoms. The van der Waals surface area contributed by atoms with Crippen LogP contribution in [0.25, 0.3) is 33.1 Å². The molecule has 2 aromatic carbocycles. The van der Waals surface area contributed by atoms with Gasteiger partial charge in [0, 0.05) is 50.3 Å². The third kappa shape index (κ3) is 2.48. The standard InChI is InChI=1S/C20H20N4O/c1-23-9-6-16-12-14(2-4-18(16)23)15-3-5-19-17(13-15)22-20(25-19)24-10-7-21-8-11-24/h2-6,9,12-13,21H,7-8,10-11H2,1H3. The monoisotopic (exact) mass is 332 g/mol. The van der Waals surface area contributed by atoms with Crippen molar-refractivity contribution in [2.45, 2.75) is 0 Å². The zero-order valence-corrected chi connectivity index (χ0v) is 14.2. The van der Waals surface area contributed by atoms with Gasteiger partial charge in [0.1, 0.15) is 5.52 Å². The second kappa shape index (κ2) is 5.63. The van der Waals surface area contributed by atoms with Gasteiger partial charge < -0.3 is 19.2 Å². The maximum atomic E-state index is 5.96. The Morgan fingerprint density at radius 3 is 2.68 bits per heavy atom. The lowest BCUT2D eigenvalue weighted by molar-refractivity contribution is 0.517. The zero-order valence-electron chi connectivity index (χ0n) is 14.2. The summed E-state index contributed by atoms with van der Waals surface area (Å²) in [5.74, 6) is 0. The molecule has 5 rings (SSSR count). The van der Waals surface area contributed by atoms with E-state index in [1.807, 2.05) is 6.07 Å². The molecular weight excluding hydrogens is 312 g/mol. The number of oxazole rings is 1. The number of hydrogen-bond donors (Lipinski definition) is 1. The van der Waals surface area contributed by atoms with Gasteiger partial charge in [0.2, 0.25) is 0 Å². The normalized spacial score (nSPS) is 15.3. The molecule has 0 spiro atoms. The van der Waals surface area contributed by atoms with E-state index >= 15 is 0 Å². The number of anilines is 1. The summed E-state index contributed by atoms with van der Waals surface area (Å²) in [5, 5.41) is 4.60.